The highest BCUT2D eigenvalue weighted by atomic mass is 32.2. The quantitative estimate of drug-likeness (QED) is 0.805. The van der Waals surface area contributed by atoms with Crippen molar-refractivity contribution in [3.63, 3.8) is 0 Å². The van der Waals surface area contributed by atoms with Gasteiger partial charge in [-0.15, -0.1) is 0 Å². The number of hydrogen-bond acceptors (Lipinski definition) is 5. The van der Waals surface area contributed by atoms with E-state index in [4.69, 9.17) is 0 Å². The molecule has 2 saturated heterocycles. The molecule has 0 bridgehead atoms. The molecule has 0 unspecified atom stereocenters. The van der Waals surface area contributed by atoms with E-state index in [2.05, 4.69) is 20.4 Å². The largest absolute Gasteiger partial charge is 0.351 e. The number of rotatable bonds is 4. The Kier molecular flexibility index (Phi) is 4.69. The third-order valence-corrected chi connectivity index (χ3v) is 7.42. The number of likely N-dealkylation sites (N-methyl/N-ethyl adjacent to an activating group) is 1. The summed E-state index contributed by atoms with van der Waals surface area (Å²) in [6.07, 6.45) is 4.13. The van der Waals surface area contributed by atoms with E-state index in [1.165, 1.54) is 4.31 Å². The first-order valence-corrected chi connectivity index (χ1v) is 10.7. The monoisotopic (exact) mass is 391 g/mol. The summed E-state index contributed by atoms with van der Waals surface area (Å²) < 4.78 is 27.8. The molecule has 9 heteroatoms. The number of carbonyl (C=O) groups excluding carboxylic acids is 1. The van der Waals surface area contributed by atoms with E-state index in [-0.39, 0.29) is 16.8 Å². The number of nitrogens with zero attached hydrogens (tertiary/aromatic N) is 3. The van der Waals surface area contributed by atoms with Crippen LogP contribution in [0.2, 0.25) is 0 Å². The Labute approximate surface area is 159 Å². The highest BCUT2D eigenvalue weighted by Gasteiger charge is 2.44. The zero-order valence-electron chi connectivity index (χ0n) is 15.6. The maximum atomic E-state index is 13.2. The van der Waals surface area contributed by atoms with E-state index >= 15 is 0 Å². The normalized spacial score (nSPS) is 24.7. The molecule has 0 radical (unpaired) electrons. The summed E-state index contributed by atoms with van der Waals surface area (Å²) in [7, 11) is -1.74. The molecule has 1 amide bonds. The van der Waals surface area contributed by atoms with E-state index in [1.807, 2.05) is 20.0 Å². The smallest absolute Gasteiger partial charge is 0.245 e. The average Bonchev–Trinajstić information content (AvgIpc) is 3.00. The van der Waals surface area contributed by atoms with Crippen LogP contribution in [-0.2, 0) is 14.8 Å². The Morgan fingerprint density at radius 1 is 1.30 bits per heavy atom. The van der Waals surface area contributed by atoms with Crippen LogP contribution < -0.4 is 5.32 Å². The molecular weight excluding hydrogens is 366 g/mol. The van der Waals surface area contributed by atoms with Crippen molar-refractivity contribution < 1.29 is 13.2 Å². The summed E-state index contributed by atoms with van der Waals surface area (Å²) in [5.74, 6) is -0.196. The maximum absolute atomic E-state index is 13.2. The second-order valence-electron chi connectivity index (χ2n) is 7.63. The van der Waals surface area contributed by atoms with Crippen molar-refractivity contribution in [1.29, 1.82) is 0 Å². The minimum absolute atomic E-state index is 0.0830. The van der Waals surface area contributed by atoms with Crippen LogP contribution in [0.3, 0.4) is 0 Å². The minimum atomic E-state index is -3.78. The molecule has 3 heterocycles. The Morgan fingerprint density at radius 2 is 2.11 bits per heavy atom. The molecule has 2 aromatic rings. The third kappa shape index (κ3) is 3.35. The molecule has 1 aromatic carbocycles. The fraction of sp³-hybridized carbons (Fsp3) is 0.556. The topological polar surface area (TPSA) is 98.4 Å². The van der Waals surface area contributed by atoms with Gasteiger partial charge in [0.05, 0.1) is 11.7 Å². The van der Waals surface area contributed by atoms with Gasteiger partial charge in [0.25, 0.3) is 0 Å². The molecule has 0 aliphatic carbocycles. The lowest BCUT2D eigenvalue weighted by molar-refractivity contribution is -0.128. The number of piperidine rings is 1. The van der Waals surface area contributed by atoms with Crippen LogP contribution in [0.25, 0.3) is 10.9 Å². The van der Waals surface area contributed by atoms with Crippen LogP contribution in [0.4, 0.5) is 0 Å². The second-order valence-corrected chi connectivity index (χ2v) is 9.49. The first-order valence-electron chi connectivity index (χ1n) is 9.31. The van der Waals surface area contributed by atoms with E-state index in [0.717, 1.165) is 36.9 Å². The predicted octanol–water partition coefficient (Wildman–Crippen LogP) is 0.845. The fourth-order valence-corrected chi connectivity index (χ4v) is 5.88. The van der Waals surface area contributed by atoms with Gasteiger partial charge in [0.2, 0.25) is 15.9 Å². The summed E-state index contributed by atoms with van der Waals surface area (Å²) in [5, 5.41) is 10.5. The van der Waals surface area contributed by atoms with Crippen LogP contribution in [-0.4, -0.2) is 72.5 Å². The molecule has 8 nitrogen and oxygen atoms in total. The molecule has 2 aliphatic heterocycles. The summed E-state index contributed by atoms with van der Waals surface area (Å²) in [4.78, 5) is 15.1. The molecule has 2 aliphatic rings. The molecule has 146 valence electrons. The van der Waals surface area contributed by atoms with Crippen molar-refractivity contribution >= 4 is 26.8 Å². The fourth-order valence-electron chi connectivity index (χ4n) is 3.99. The van der Waals surface area contributed by atoms with E-state index < -0.39 is 16.1 Å². The zero-order valence-corrected chi connectivity index (χ0v) is 16.4. The Morgan fingerprint density at radius 3 is 2.81 bits per heavy atom. The van der Waals surface area contributed by atoms with Gasteiger partial charge in [-0.2, -0.15) is 9.40 Å². The summed E-state index contributed by atoms with van der Waals surface area (Å²) in [5.41, 5.74) is 1.33. The van der Waals surface area contributed by atoms with Crippen LogP contribution in [0.5, 0.6) is 0 Å². The molecular formula is C18H25N5O3S. The number of carbonyl (C=O) groups is 1. The van der Waals surface area contributed by atoms with Gasteiger partial charge < -0.3 is 10.2 Å². The minimum Gasteiger partial charge on any atom is -0.351 e. The molecule has 4 rings (SSSR count). The number of aromatic amines is 1. The van der Waals surface area contributed by atoms with Gasteiger partial charge in [-0.3, -0.25) is 9.89 Å². The highest BCUT2D eigenvalue weighted by molar-refractivity contribution is 7.89. The molecule has 27 heavy (non-hydrogen) atoms. The number of sulfonamides is 1. The summed E-state index contributed by atoms with van der Waals surface area (Å²) >= 11 is 0. The van der Waals surface area contributed by atoms with Crippen LogP contribution in [0.1, 0.15) is 24.8 Å². The van der Waals surface area contributed by atoms with Gasteiger partial charge >= 0.3 is 0 Å². The van der Waals surface area contributed by atoms with E-state index in [9.17, 15) is 13.2 Å². The number of H-pyrrole nitrogens is 1. The van der Waals surface area contributed by atoms with Crippen LogP contribution >= 0.6 is 0 Å². The number of aryl methyl sites for hydroxylation is 1. The highest BCUT2D eigenvalue weighted by Crippen LogP contribution is 2.31. The van der Waals surface area contributed by atoms with Gasteiger partial charge in [-0.1, -0.05) is 0 Å². The summed E-state index contributed by atoms with van der Waals surface area (Å²) in [6, 6.07) is 2.97. The lowest BCUT2D eigenvalue weighted by atomic mass is 10.0. The van der Waals surface area contributed by atoms with Gasteiger partial charge in [-0.05, 0) is 57.5 Å². The lowest BCUT2D eigenvalue weighted by Gasteiger charge is -2.40. The molecule has 2 N–H and O–H groups in total. The number of aromatic nitrogens is 2. The number of benzene rings is 1. The Bertz CT molecular complexity index is 971. The SMILES string of the molecule is Cc1cc(S(=O)(=O)N2CC[C@H]2C(=O)N[C@@H]2CCCN(C)C2)c2[nH]ncc2c1. The molecule has 2 atom stereocenters. The van der Waals surface area contributed by atoms with Crippen molar-refractivity contribution in [2.24, 2.45) is 0 Å². The number of fused-ring (bicyclic) bond motifs is 1. The molecule has 0 spiro atoms. The van der Waals surface area contributed by atoms with Gasteiger partial charge in [0.15, 0.2) is 0 Å². The van der Waals surface area contributed by atoms with E-state index in [0.29, 0.717) is 18.5 Å². The lowest BCUT2D eigenvalue weighted by Crippen LogP contribution is -2.60. The van der Waals surface area contributed by atoms with Gasteiger partial charge in [0, 0.05) is 24.5 Å². The van der Waals surface area contributed by atoms with Gasteiger partial charge in [-0.25, -0.2) is 8.42 Å². The first-order chi connectivity index (χ1) is 12.9. The van der Waals surface area contributed by atoms with E-state index in [1.54, 1.807) is 12.3 Å². The predicted molar refractivity (Wildman–Crippen MR) is 102 cm³/mol. The third-order valence-electron chi connectivity index (χ3n) is 5.49. The number of amides is 1. The standard InChI is InChI=1S/C18H25N5O3S/c1-12-8-13-10-19-21-17(13)16(9-12)27(25,26)23-7-5-15(23)18(24)20-14-4-3-6-22(2)11-14/h8-10,14-15H,3-7,11H2,1-2H3,(H,19,21)(H,20,24)/t14-,15+/m1/s1. The summed E-state index contributed by atoms with van der Waals surface area (Å²) in [6.45, 7) is 4.04. The second kappa shape index (κ2) is 6.88. The molecule has 0 saturated carbocycles. The van der Waals surface area contributed by atoms with Crippen LogP contribution in [0.15, 0.2) is 23.2 Å². The molecule has 2 fully saturated rings. The number of nitrogens with one attached hydrogen (secondary N) is 2. The maximum Gasteiger partial charge on any atom is 0.245 e. The van der Waals surface area contributed by atoms with Crippen molar-refractivity contribution in [3.8, 4) is 0 Å². The number of hydrogen-bond donors (Lipinski definition) is 2. The average molecular weight is 391 g/mol. The Hall–Kier alpha value is -1.97. The molecule has 1 aromatic heterocycles. The number of likely N-dealkylation sites (tertiary alicyclic amines) is 1. The first kappa shape index (κ1) is 18.4. The van der Waals surface area contributed by atoms with Crippen molar-refractivity contribution in [1.82, 2.24) is 24.7 Å². The van der Waals surface area contributed by atoms with Crippen molar-refractivity contribution in [2.75, 3.05) is 26.7 Å². The van der Waals surface area contributed by atoms with Crippen molar-refractivity contribution in [2.45, 2.75) is 43.2 Å². The zero-order chi connectivity index (χ0) is 19.2. The van der Waals surface area contributed by atoms with Crippen LogP contribution in [0, 0.1) is 6.92 Å². The van der Waals surface area contributed by atoms with Crippen molar-refractivity contribution in [3.05, 3.63) is 23.9 Å². The van der Waals surface area contributed by atoms with Gasteiger partial charge in [0.1, 0.15) is 10.9 Å². The Balaban J connectivity index is 1.55.